The molecule has 0 heterocycles. The lowest BCUT2D eigenvalue weighted by Crippen LogP contribution is -2.27. The van der Waals surface area contributed by atoms with E-state index in [0.717, 1.165) is 11.1 Å². The molecule has 1 N–H and O–H groups in total. The van der Waals surface area contributed by atoms with Gasteiger partial charge in [-0.1, -0.05) is 6.07 Å². The molecule has 2 nitrogen and oxygen atoms in total. The minimum atomic E-state index is -0.557. The molecule has 0 aliphatic rings. The Morgan fingerprint density at radius 2 is 2.00 bits per heavy atom. The van der Waals surface area contributed by atoms with Gasteiger partial charge in [-0.3, -0.25) is 0 Å². The summed E-state index contributed by atoms with van der Waals surface area (Å²) in [5, 5.41) is 9.84. The van der Waals surface area contributed by atoms with Gasteiger partial charge in [0.2, 0.25) is 0 Å². The molecule has 0 fully saturated rings. The molecule has 0 spiro atoms. The van der Waals surface area contributed by atoms with E-state index in [-0.39, 0.29) is 11.4 Å². The van der Waals surface area contributed by atoms with Crippen molar-refractivity contribution in [2.45, 2.75) is 45.8 Å². The Bertz CT molecular complexity index is 369. The van der Waals surface area contributed by atoms with Crippen LogP contribution in [0.3, 0.4) is 0 Å². The third kappa shape index (κ3) is 5.29. The first-order valence-corrected chi connectivity index (χ1v) is 5.85. The normalized spacial score (nSPS) is 13.8. The molecular formula is C14H21FO2. The van der Waals surface area contributed by atoms with E-state index in [1.165, 1.54) is 12.1 Å². The lowest BCUT2D eigenvalue weighted by Gasteiger charge is -2.22. The van der Waals surface area contributed by atoms with Crippen molar-refractivity contribution < 1.29 is 14.2 Å². The van der Waals surface area contributed by atoms with Crippen LogP contribution in [0.5, 0.6) is 0 Å². The fourth-order valence-electron chi connectivity index (χ4n) is 1.55. The smallest absolute Gasteiger partial charge is 0.123 e. The van der Waals surface area contributed by atoms with Crippen LogP contribution < -0.4 is 0 Å². The number of halogens is 1. The van der Waals surface area contributed by atoms with Gasteiger partial charge in [0.25, 0.3) is 0 Å². The molecule has 0 saturated heterocycles. The molecule has 1 aromatic carbocycles. The predicted octanol–water partition coefficient (Wildman–Crippen LogP) is 2.85. The highest BCUT2D eigenvalue weighted by atomic mass is 19.1. The Hall–Kier alpha value is -0.930. The van der Waals surface area contributed by atoms with Crippen LogP contribution in [0.4, 0.5) is 4.39 Å². The van der Waals surface area contributed by atoms with Gasteiger partial charge in [0.1, 0.15) is 5.82 Å². The van der Waals surface area contributed by atoms with E-state index in [1.807, 2.05) is 27.7 Å². The minimum absolute atomic E-state index is 0.244. The predicted molar refractivity (Wildman–Crippen MR) is 66.6 cm³/mol. The Labute approximate surface area is 102 Å². The second-order valence-corrected chi connectivity index (χ2v) is 5.35. The summed E-state index contributed by atoms with van der Waals surface area (Å²) in [6.07, 6.45) is -0.0688. The highest BCUT2D eigenvalue weighted by Crippen LogP contribution is 2.14. The van der Waals surface area contributed by atoms with Crippen LogP contribution in [0.2, 0.25) is 0 Å². The van der Waals surface area contributed by atoms with Crippen molar-refractivity contribution in [2.75, 3.05) is 6.61 Å². The van der Waals surface area contributed by atoms with Gasteiger partial charge in [-0.25, -0.2) is 4.39 Å². The first-order chi connectivity index (χ1) is 7.78. The van der Waals surface area contributed by atoms with E-state index in [9.17, 15) is 9.50 Å². The maximum absolute atomic E-state index is 12.9. The number of hydrogen-bond donors (Lipinski definition) is 1. The second-order valence-electron chi connectivity index (χ2n) is 5.35. The van der Waals surface area contributed by atoms with Crippen LogP contribution in [0.25, 0.3) is 0 Å². The van der Waals surface area contributed by atoms with Crippen LogP contribution in [0.1, 0.15) is 31.9 Å². The zero-order valence-corrected chi connectivity index (χ0v) is 11.0. The minimum Gasteiger partial charge on any atom is -0.390 e. The van der Waals surface area contributed by atoms with Gasteiger partial charge < -0.3 is 9.84 Å². The number of aliphatic hydroxyl groups excluding tert-OH is 1. The second kappa shape index (κ2) is 5.61. The Kier molecular flexibility index (Phi) is 4.66. The van der Waals surface area contributed by atoms with Gasteiger partial charge in [0.05, 0.1) is 18.3 Å². The Morgan fingerprint density at radius 3 is 2.53 bits per heavy atom. The molecule has 1 atom stereocenters. The molecule has 0 aliphatic carbocycles. The molecule has 0 radical (unpaired) electrons. The Balaban J connectivity index is 2.53. The largest absolute Gasteiger partial charge is 0.390 e. The maximum Gasteiger partial charge on any atom is 0.123 e. The number of hydrogen-bond acceptors (Lipinski definition) is 2. The summed E-state index contributed by atoms with van der Waals surface area (Å²) < 4.78 is 18.4. The SMILES string of the molecule is Cc1cc(F)ccc1CC(O)COC(C)(C)C. The first-order valence-electron chi connectivity index (χ1n) is 5.85. The molecule has 1 unspecified atom stereocenters. The summed E-state index contributed by atoms with van der Waals surface area (Å²) in [6, 6.07) is 4.61. The maximum atomic E-state index is 12.9. The molecule has 1 aromatic rings. The number of ether oxygens (including phenoxy) is 1. The summed E-state index contributed by atoms with van der Waals surface area (Å²) in [5.41, 5.74) is 1.56. The summed E-state index contributed by atoms with van der Waals surface area (Å²) in [4.78, 5) is 0. The summed E-state index contributed by atoms with van der Waals surface area (Å²) >= 11 is 0. The van der Waals surface area contributed by atoms with Crippen molar-refractivity contribution >= 4 is 0 Å². The molecule has 0 aromatic heterocycles. The van der Waals surface area contributed by atoms with Crippen molar-refractivity contribution in [1.29, 1.82) is 0 Å². The van der Waals surface area contributed by atoms with Crippen LogP contribution in [-0.4, -0.2) is 23.4 Å². The number of benzene rings is 1. The molecule has 96 valence electrons. The van der Waals surface area contributed by atoms with E-state index in [2.05, 4.69) is 0 Å². The van der Waals surface area contributed by atoms with Crippen molar-refractivity contribution in [2.24, 2.45) is 0 Å². The van der Waals surface area contributed by atoms with Gasteiger partial charge >= 0.3 is 0 Å². The van der Waals surface area contributed by atoms with Crippen molar-refractivity contribution in [3.05, 3.63) is 35.1 Å². The summed E-state index contributed by atoms with van der Waals surface area (Å²) in [6.45, 7) is 7.98. The molecule has 0 aliphatic heterocycles. The lowest BCUT2D eigenvalue weighted by molar-refractivity contribution is -0.0482. The molecule has 0 saturated carbocycles. The van der Waals surface area contributed by atoms with Crippen molar-refractivity contribution in [1.82, 2.24) is 0 Å². The van der Waals surface area contributed by atoms with E-state index >= 15 is 0 Å². The van der Waals surface area contributed by atoms with Gasteiger partial charge in [-0.2, -0.15) is 0 Å². The van der Waals surface area contributed by atoms with Gasteiger partial charge in [0.15, 0.2) is 0 Å². The zero-order valence-electron chi connectivity index (χ0n) is 11.0. The number of aliphatic hydroxyl groups is 1. The molecule has 0 bridgehead atoms. The number of aryl methyl sites for hydroxylation is 1. The van der Waals surface area contributed by atoms with Crippen LogP contribution in [0, 0.1) is 12.7 Å². The zero-order chi connectivity index (χ0) is 13.1. The van der Waals surface area contributed by atoms with Gasteiger partial charge in [-0.15, -0.1) is 0 Å². The van der Waals surface area contributed by atoms with E-state index < -0.39 is 6.10 Å². The third-order valence-electron chi connectivity index (χ3n) is 2.47. The average molecular weight is 240 g/mol. The van der Waals surface area contributed by atoms with Crippen LogP contribution >= 0.6 is 0 Å². The fourth-order valence-corrected chi connectivity index (χ4v) is 1.55. The van der Waals surface area contributed by atoms with Crippen LogP contribution in [0.15, 0.2) is 18.2 Å². The first kappa shape index (κ1) is 14.1. The molecule has 1 rings (SSSR count). The third-order valence-corrected chi connectivity index (χ3v) is 2.47. The molecule has 0 amide bonds. The Morgan fingerprint density at radius 1 is 1.35 bits per heavy atom. The molecular weight excluding hydrogens is 219 g/mol. The van der Waals surface area contributed by atoms with Crippen molar-refractivity contribution in [3.63, 3.8) is 0 Å². The highest BCUT2D eigenvalue weighted by molar-refractivity contribution is 5.27. The lowest BCUT2D eigenvalue weighted by atomic mass is 10.0. The monoisotopic (exact) mass is 240 g/mol. The number of rotatable bonds is 4. The summed E-state index contributed by atoms with van der Waals surface area (Å²) in [7, 11) is 0. The highest BCUT2D eigenvalue weighted by Gasteiger charge is 2.14. The van der Waals surface area contributed by atoms with E-state index in [0.29, 0.717) is 13.0 Å². The van der Waals surface area contributed by atoms with Gasteiger partial charge in [-0.05, 0) is 51.0 Å². The molecule has 3 heteroatoms. The topological polar surface area (TPSA) is 29.5 Å². The quantitative estimate of drug-likeness (QED) is 0.877. The fraction of sp³-hybridized carbons (Fsp3) is 0.571. The summed E-state index contributed by atoms with van der Waals surface area (Å²) in [5.74, 6) is -0.244. The average Bonchev–Trinajstić information content (AvgIpc) is 2.18. The van der Waals surface area contributed by atoms with E-state index in [4.69, 9.17) is 4.74 Å². The van der Waals surface area contributed by atoms with Gasteiger partial charge in [0, 0.05) is 6.42 Å². The van der Waals surface area contributed by atoms with Crippen molar-refractivity contribution in [3.8, 4) is 0 Å². The molecule has 17 heavy (non-hydrogen) atoms. The van der Waals surface area contributed by atoms with Crippen LogP contribution in [-0.2, 0) is 11.2 Å². The standard InChI is InChI=1S/C14H21FO2/c1-10-7-12(15)6-5-11(10)8-13(16)9-17-14(2,3)4/h5-7,13,16H,8-9H2,1-4H3. The van der Waals surface area contributed by atoms with E-state index in [1.54, 1.807) is 6.07 Å².